The molecule has 0 heterocycles. The Balaban J connectivity index is 2.92. The number of halogens is 1. The summed E-state index contributed by atoms with van der Waals surface area (Å²) in [4.78, 5) is 12.6. The maximum Gasteiger partial charge on any atom is 0.236 e. The molecular weight excluding hydrogens is 258 g/mol. The lowest BCUT2D eigenvalue weighted by Crippen LogP contribution is -2.30. The minimum absolute atomic E-state index is 0.195. The summed E-state index contributed by atoms with van der Waals surface area (Å²) in [6.07, 6.45) is 0. The van der Waals surface area contributed by atoms with Crippen LogP contribution in [0.4, 0.5) is 5.69 Å². The van der Waals surface area contributed by atoms with Crippen molar-refractivity contribution in [2.24, 2.45) is 11.5 Å². The normalized spacial score (nSPS) is 10.1. The number of nitrogens with zero attached hydrogens (tertiary/aromatic N) is 1. The minimum atomic E-state index is -0.355. The fourth-order valence-electron chi connectivity index (χ4n) is 1.30. The topological polar surface area (TPSA) is 72.3 Å². The lowest BCUT2D eigenvalue weighted by molar-refractivity contribution is -0.116. The second-order valence-corrected chi connectivity index (χ2v) is 4.26. The van der Waals surface area contributed by atoms with Crippen LogP contribution in [0.5, 0.6) is 0 Å². The Labute approximate surface area is 97.4 Å². The van der Waals surface area contributed by atoms with E-state index in [1.54, 1.807) is 4.90 Å². The summed E-state index contributed by atoms with van der Waals surface area (Å²) < 4.78 is 0.941. The van der Waals surface area contributed by atoms with Gasteiger partial charge in [-0.15, -0.1) is 0 Å². The van der Waals surface area contributed by atoms with Crippen LogP contribution in [-0.4, -0.2) is 19.5 Å². The zero-order valence-corrected chi connectivity index (χ0v) is 10.1. The Kier molecular flexibility index (Phi) is 4.11. The molecular formula is C10H14BrN3O. The second kappa shape index (κ2) is 5.14. The Hall–Kier alpha value is -1.07. The molecule has 0 spiro atoms. The average molecular weight is 272 g/mol. The van der Waals surface area contributed by atoms with Gasteiger partial charge in [-0.1, -0.05) is 15.9 Å². The molecule has 0 fully saturated rings. The molecule has 1 rings (SSSR count). The molecule has 0 atom stereocenters. The van der Waals surface area contributed by atoms with Crippen LogP contribution in [0, 0.1) is 0 Å². The highest BCUT2D eigenvalue weighted by Crippen LogP contribution is 2.21. The lowest BCUT2D eigenvalue weighted by atomic mass is 10.2. The maximum atomic E-state index is 10.8. The van der Waals surface area contributed by atoms with Gasteiger partial charge in [0.05, 0.1) is 6.54 Å². The van der Waals surface area contributed by atoms with Gasteiger partial charge in [0, 0.05) is 23.8 Å². The maximum absolute atomic E-state index is 10.8. The summed E-state index contributed by atoms with van der Waals surface area (Å²) in [6.45, 7) is 0.664. The Morgan fingerprint density at radius 1 is 1.47 bits per heavy atom. The number of amides is 1. The highest BCUT2D eigenvalue weighted by Gasteiger charge is 2.06. The van der Waals surface area contributed by atoms with Crippen molar-refractivity contribution in [2.75, 3.05) is 18.5 Å². The van der Waals surface area contributed by atoms with Crippen molar-refractivity contribution < 1.29 is 4.79 Å². The molecule has 4 N–H and O–H groups in total. The molecule has 15 heavy (non-hydrogen) atoms. The number of rotatable bonds is 4. The molecule has 0 saturated carbocycles. The van der Waals surface area contributed by atoms with E-state index in [4.69, 9.17) is 11.5 Å². The van der Waals surface area contributed by atoms with Crippen molar-refractivity contribution in [1.29, 1.82) is 0 Å². The van der Waals surface area contributed by atoms with Crippen molar-refractivity contribution in [1.82, 2.24) is 0 Å². The molecule has 0 aromatic heterocycles. The van der Waals surface area contributed by atoms with Crippen LogP contribution in [0.3, 0.4) is 0 Å². The van der Waals surface area contributed by atoms with Gasteiger partial charge >= 0.3 is 0 Å². The van der Waals surface area contributed by atoms with Gasteiger partial charge in [-0.25, -0.2) is 0 Å². The molecule has 0 unspecified atom stereocenters. The average Bonchev–Trinajstić information content (AvgIpc) is 2.15. The molecule has 82 valence electrons. The van der Waals surface area contributed by atoms with E-state index in [1.165, 1.54) is 0 Å². The predicted molar refractivity (Wildman–Crippen MR) is 64.5 cm³/mol. The molecule has 4 nitrogen and oxygen atoms in total. The van der Waals surface area contributed by atoms with Crippen LogP contribution in [-0.2, 0) is 11.3 Å². The molecule has 1 aromatic rings. The fourth-order valence-corrected chi connectivity index (χ4v) is 1.83. The zero-order chi connectivity index (χ0) is 11.4. The van der Waals surface area contributed by atoms with E-state index in [0.29, 0.717) is 6.54 Å². The molecule has 0 aliphatic rings. The Bertz CT molecular complexity index is 368. The van der Waals surface area contributed by atoms with Crippen LogP contribution >= 0.6 is 15.9 Å². The molecule has 0 radical (unpaired) electrons. The monoisotopic (exact) mass is 271 g/mol. The second-order valence-electron chi connectivity index (χ2n) is 3.34. The number of carbonyl (C=O) groups is 1. The number of hydrogen-bond acceptors (Lipinski definition) is 3. The summed E-state index contributed by atoms with van der Waals surface area (Å²) in [5.41, 5.74) is 12.6. The first kappa shape index (κ1) is 12.0. The molecule has 5 heteroatoms. The lowest BCUT2D eigenvalue weighted by Gasteiger charge is -2.18. The van der Waals surface area contributed by atoms with E-state index in [1.807, 2.05) is 25.2 Å². The van der Waals surface area contributed by atoms with Crippen LogP contribution in [0.2, 0.25) is 0 Å². The van der Waals surface area contributed by atoms with Crippen molar-refractivity contribution >= 4 is 27.5 Å². The molecule has 0 saturated heterocycles. The third-order valence-corrected chi connectivity index (χ3v) is 2.47. The number of carbonyl (C=O) groups excluding carboxylic acids is 1. The number of hydrogen-bond donors (Lipinski definition) is 2. The standard InChI is InChI=1S/C10H14BrN3O/c1-14(6-10(13)15)9-3-7(5-12)2-8(11)4-9/h2-4H,5-6,12H2,1H3,(H2,13,15). The Morgan fingerprint density at radius 2 is 2.13 bits per heavy atom. The molecule has 0 aliphatic heterocycles. The van der Waals surface area contributed by atoms with Gasteiger partial charge in [0.25, 0.3) is 0 Å². The van der Waals surface area contributed by atoms with Crippen LogP contribution < -0.4 is 16.4 Å². The minimum Gasteiger partial charge on any atom is -0.368 e. The summed E-state index contributed by atoms with van der Waals surface area (Å²) in [5, 5.41) is 0. The summed E-state index contributed by atoms with van der Waals surface area (Å²) in [7, 11) is 1.81. The summed E-state index contributed by atoms with van der Waals surface area (Å²) in [5.74, 6) is -0.355. The van der Waals surface area contributed by atoms with Gasteiger partial charge in [-0.05, 0) is 23.8 Å². The van der Waals surface area contributed by atoms with Crippen molar-refractivity contribution in [3.63, 3.8) is 0 Å². The number of primary amides is 1. The summed E-state index contributed by atoms with van der Waals surface area (Å²) in [6, 6.07) is 5.80. The molecule has 0 bridgehead atoms. The quantitative estimate of drug-likeness (QED) is 0.852. The SMILES string of the molecule is CN(CC(N)=O)c1cc(Br)cc(CN)c1. The molecule has 1 amide bonds. The van der Waals surface area contributed by atoms with Crippen LogP contribution in [0.25, 0.3) is 0 Å². The van der Waals surface area contributed by atoms with E-state index < -0.39 is 0 Å². The van der Waals surface area contributed by atoms with E-state index in [0.717, 1.165) is 15.7 Å². The number of anilines is 1. The van der Waals surface area contributed by atoms with Gasteiger partial charge in [-0.2, -0.15) is 0 Å². The highest BCUT2D eigenvalue weighted by atomic mass is 79.9. The molecule has 0 aliphatic carbocycles. The van der Waals surface area contributed by atoms with Crippen molar-refractivity contribution in [2.45, 2.75) is 6.54 Å². The van der Waals surface area contributed by atoms with Crippen LogP contribution in [0.15, 0.2) is 22.7 Å². The van der Waals surface area contributed by atoms with Crippen molar-refractivity contribution in [3.05, 3.63) is 28.2 Å². The largest absolute Gasteiger partial charge is 0.368 e. The van der Waals surface area contributed by atoms with E-state index in [9.17, 15) is 4.79 Å². The summed E-state index contributed by atoms with van der Waals surface area (Å²) >= 11 is 3.39. The van der Waals surface area contributed by atoms with Gasteiger partial charge in [0.1, 0.15) is 0 Å². The molecule has 1 aromatic carbocycles. The first-order valence-corrected chi connectivity index (χ1v) is 5.31. The van der Waals surface area contributed by atoms with Gasteiger partial charge < -0.3 is 16.4 Å². The zero-order valence-electron chi connectivity index (χ0n) is 8.53. The van der Waals surface area contributed by atoms with Gasteiger partial charge in [0.2, 0.25) is 5.91 Å². The first-order valence-electron chi connectivity index (χ1n) is 4.52. The van der Waals surface area contributed by atoms with E-state index in [-0.39, 0.29) is 12.5 Å². The van der Waals surface area contributed by atoms with Crippen molar-refractivity contribution in [3.8, 4) is 0 Å². The predicted octanol–water partition coefficient (Wildman–Crippen LogP) is 0.829. The number of benzene rings is 1. The first-order chi connectivity index (χ1) is 7.02. The number of nitrogens with two attached hydrogens (primary N) is 2. The smallest absolute Gasteiger partial charge is 0.236 e. The van der Waals surface area contributed by atoms with E-state index >= 15 is 0 Å². The third-order valence-electron chi connectivity index (χ3n) is 2.01. The van der Waals surface area contributed by atoms with Gasteiger partial charge in [0.15, 0.2) is 0 Å². The Morgan fingerprint density at radius 3 is 2.67 bits per heavy atom. The van der Waals surface area contributed by atoms with Crippen LogP contribution in [0.1, 0.15) is 5.56 Å². The number of likely N-dealkylation sites (N-methyl/N-ethyl adjacent to an activating group) is 1. The van der Waals surface area contributed by atoms with E-state index in [2.05, 4.69) is 15.9 Å². The third kappa shape index (κ3) is 3.53. The highest BCUT2D eigenvalue weighted by molar-refractivity contribution is 9.10. The fraction of sp³-hybridized carbons (Fsp3) is 0.300. The van der Waals surface area contributed by atoms with Gasteiger partial charge in [-0.3, -0.25) is 4.79 Å².